The molecule has 8 heteroatoms. The topological polar surface area (TPSA) is 119 Å². The second kappa shape index (κ2) is 6.08. The van der Waals surface area contributed by atoms with Gasteiger partial charge in [0.1, 0.15) is 6.04 Å². The molecule has 2 fully saturated rings. The molecule has 1 saturated carbocycles. The number of aliphatic carboxylic acids is 1. The highest BCUT2D eigenvalue weighted by Gasteiger charge is 2.38. The number of amides is 3. The molecule has 0 unspecified atom stereocenters. The van der Waals surface area contributed by atoms with E-state index in [0.29, 0.717) is 6.54 Å². The first-order valence-electron chi connectivity index (χ1n) is 6.72. The van der Waals surface area contributed by atoms with Crippen molar-refractivity contribution in [3.63, 3.8) is 0 Å². The Bertz CT molecular complexity index is 410. The lowest BCUT2D eigenvalue weighted by atomic mass is 10.2. The minimum atomic E-state index is -1.13. The normalized spacial score (nSPS) is 25.4. The van der Waals surface area contributed by atoms with Gasteiger partial charge in [0.2, 0.25) is 5.91 Å². The number of nitrogens with zero attached hydrogens (tertiary/aromatic N) is 1. The van der Waals surface area contributed by atoms with E-state index in [9.17, 15) is 19.5 Å². The van der Waals surface area contributed by atoms with Crippen LogP contribution in [0.5, 0.6) is 0 Å². The van der Waals surface area contributed by atoms with Crippen molar-refractivity contribution in [2.24, 2.45) is 5.92 Å². The van der Waals surface area contributed by atoms with E-state index in [0.717, 1.165) is 17.7 Å². The third-order valence-electron chi connectivity index (χ3n) is 3.47. The molecule has 0 aromatic carbocycles. The average molecular weight is 285 g/mol. The zero-order chi connectivity index (χ0) is 14.7. The average Bonchev–Trinajstić information content (AvgIpc) is 3.16. The Morgan fingerprint density at radius 1 is 1.15 bits per heavy atom. The fourth-order valence-electron chi connectivity index (χ4n) is 2.22. The Morgan fingerprint density at radius 3 is 2.40 bits per heavy atom. The number of β-amino-alcohol motifs (C(OH)–C–C–N with tert-alkyl or cyclic N) is 1. The Balaban J connectivity index is 1.70. The van der Waals surface area contributed by atoms with Crippen LogP contribution in [0.1, 0.15) is 19.3 Å². The molecular formula is C12H19N3O5. The van der Waals surface area contributed by atoms with E-state index < -0.39 is 24.1 Å². The third-order valence-corrected chi connectivity index (χ3v) is 3.47. The predicted molar refractivity (Wildman–Crippen MR) is 67.9 cm³/mol. The molecule has 1 aliphatic carbocycles. The van der Waals surface area contributed by atoms with Crippen LogP contribution in [0.3, 0.4) is 0 Å². The summed E-state index contributed by atoms with van der Waals surface area (Å²) in [5, 5.41) is 23.6. The quantitative estimate of drug-likeness (QED) is 0.470. The summed E-state index contributed by atoms with van der Waals surface area (Å²) < 4.78 is 0. The Morgan fingerprint density at radius 2 is 1.80 bits per heavy atom. The zero-order valence-corrected chi connectivity index (χ0v) is 11.0. The van der Waals surface area contributed by atoms with Crippen LogP contribution in [0.15, 0.2) is 0 Å². The van der Waals surface area contributed by atoms with Gasteiger partial charge in [-0.25, -0.2) is 9.59 Å². The number of aliphatic hydroxyl groups is 1. The van der Waals surface area contributed by atoms with Crippen molar-refractivity contribution in [1.82, 2.24) is 15.5 Å². The summed E-state index contributed by atoms with van der Waals surface area (Å²) in [4.78, 5) is 35.3. The van der Waals surface area contributed by atoms with Gasteiger partial charge in [0.05, 0.1) is 6.10 Å². The molecule has 8 nitrogen and oxygen atoms in total. The van der Waals surface area contributed by atoms with Crippen molar-refractivity contribution >= 4 is 17.9 Å². The fourth-order valence-corrected chi connectivity index (χ4v) is 2.22. The monoisotopic (exact) mass is 285 g/mol. The zero-order valence-electron chi connectivity index (χ0n) is 11.0. The van der Waals surface area contributed by atoms with Gasteiger partial charge in [-0.3, -0.25) is 4.79 Å². The van der Waals surface area contributed by atoms with Crippen molar-refractivity contribution in [1.29, 1.82) is 0 Å². The summed E-state index contributed by atoms with van der Waals surface area (Å²) in [5.74, 6) is -1.01. The van der Waals surface area contributed by atoms with Gasteiger partial charge >= 0.3 is 12.0 Å². The molecule has 2 atom stereocenters. The highest BCUT2D eigenvalue weighted by Crippen LogP contribution is 2.28. The molecule has 112 valence electrons. The first-order valence-corrected chi connectivity index (χ1v) is 6.72. The lowest BCUT2D eigenvalue weighted by Crippen LogP contribution is -2.47. The molecule has 1 saturated heterocycles. The van der Waals surface area contributed by atoms with Crippen LogP contribution in [0.25, 0.3) is 0 Å². The molecular weight excluding hydrogens is 266 g/mol. The van der Waals surface area contributed by atoms with Gasteiger partial charge in [0.15, 0.2) is 0 Å². The van der Waals surface area contributed by atoms with Crippen molar-refractivity contribution in [2.75, 3.05) is 19.6 Å². The Labute approximate surface area is 116 Å². The van der Waals surface area contributed by atoms with E-state index in [4.69, 9.17) is 5.11 Å². The summed E-state index contributed by atoms with van der Waals surface area (Å²) in [6.07, 6.45) is 1.08. The minimum absolute atomic E-state index is 0.000689. The molecule has 0 aromatic rings. The molecule has 1 heterocycles. The van der Waals surface area contributed by atoms with Gasteiger partial charge in [0.25, 0.3) is 0 Å². The van der Waals surface area contributed by atoms with E-state index >= 15 is 0 Å². The second-order valence-electron chi connectivity index (χ2n) is 5.19. The van der Waals surface area contributed by atoms with Gasteiger partial charge in [-0.15, -0.1) is 0 Å². The third kappa shape index (κ3) is 3.60. The predicted octanol–water partition coefficient (Wildman–Crippen LogP) is -1.26. The van der Waals surface area contributed by atoms with Gasteiger partial charge in [0, 0.05) is 32.0 Å². The highest BCUT2D eigenvalue weighted by molar-refractivity contribution is 5.83. The number of carboxylic acid groups (broad SMARTS) is 1. The number of aliphatic hydroxyl groups excluding tert-OH is 1. The number of hydrogen-bond acceptors (Lipinski definition) is 4. The number of urea groups is 1. The fraction of sp³-hybridized carbons (Fsp3) is 0.750. The number of carbonyl (C=O) groups is 3. The van der Waals surface area contributed by atoms with E-state index in [2.05, 4.69) is 10.6 Å². The van der Waals surface area contributed by atoms with Crippen LogP contribution in [0.2, 0.25) is 0 Å². The Kier molecular flexibility index (Phi) is 4.43. The van der Waals surface area contributed by atoms with Crippen LogP contribution >= 0.6 is 0 Å². The largest absolute Gasteiger partial charge is 0.480 e. The highest BCUT2D eigenvalue weighted by atomic mass is 16.4. The van der Waals surface area contributed by atoms with Crippen LogP contribution in [-0.2, 0) is 9.59 Å². The number of likely N-dealkylation sites (tertiary alicyclic amines) is 1. The molecule has 2 aliphatic rings. The van der Waals surface area contributed by atoms with Crippen molar-refractivity contribution in [3.8, 4) is 0 Å². The number of carboxylic acids is 1. The summed E-state index contributed by atoms with van der Waals surface area (Å²) in [6.45, 7) is 0.558. The van der Waals surface area contributed by atoms with Crippen LogP contribution in [0, 0.1) is 5.92 Å². The van der Waals surface area contributed by atoms with Gasteiger partial charge in [-0.2, -0.15) is 0 Å². The van der Waals surface area contributed by atoms with Crippen molar-refractivity contribution < 1.29 is 24.6 Å². The number of carbonyl (C=O) groups excluding carboxylic acids is 2. The summed E-state index contributed by atoms with van der Waals surface area (Å²) in [5.41, 5.74) is 0. The van der Waals surface area contributed by atoms with E-state index in [1.165, 1.54) is 0 Å². The van der Waals surface area contributed by atoms with Gasteiger partial charge < -0.3 is 25.7 Å². The second-order valence-corrected chi connectivity index (χ2v) is 5.19. The lowest BCUT2D eigenvalue weighted by molar-refractivity contribution is -0.141. The number of hydrogen-bond donors (Lipinski definition) is 4. The summed E-state index contributed by atoms with van der Waals surface area (Å²) in [6, 6.07) is -1.53. The standard InChI is InChI=1S/C12H19N3O5/c16-8-5-9(11(18)19)15(6-8)12(20)14-4-3-13-10(17)7-1-2-7/h7-9,16H,1-6H2,(H,13,17)(H,14,20)(H,18,19)/t8-,9-/m0/s1. The van der Waals surface area contributed by atoms with Crippen molar-refractivity contribution in [3.05, 3.63) is 0 Å². The van der Waals surface area contributed by atoms with Gasteiger partial charge in [-0.05, 0) is 12.8 Å². The molecule has 0 spiro atoms. The summed E-state index contributed by atoms with van der Waals surface area (Å²) in [7, 11) is 0. The summed E-state index contributed by atoms with van der Waals surface area (Å²) >= 11 is 0. The first kappa shape index (κ1) is 14.6. The number of nitrogens with one attached hydrogen (secondary N) is 2. The molecule has 0 aromatic heterocycles. The molecule has 4 N–H and O–H groups in total. The van der Waals surface area contributed by atoms with Crippen LogP contribution in [0.4, 0.5) is 4.79 Å². The van der Waals surface area contributed by atoms with Crippen LogP contribution < -0.4 is 10.6 Å². The maximum Gasteiger partial charge on any atom is 0.326 e. The van der Waals surface area contributed by atoms with E-state index in [-0.39, 0.29) is 31.3 Å². The molecule has 0 bridgehead atoms. The van der Waals surface area contributed by atoms with E-state index in [1.807, 2.05) is 0 Å². The van der Waals surface area contributed by atoms with Crippen molar-refractivity contribution in [2.45, 2.75) is 31.4 Å². The minimum Gasteiger partial charge on any atom is -0.480 e. The first-order chi connectivity index (χ1) is 9.49. The maximum absolute atomic E-state index is 11.8. The smallest absolute Gasteiger partial charge is 0.326 e. The Hall–Kier alpha value is -1.83. The number of rotatable bonds is 5. The molecule has 2 rings (SSSR count). The molecule has 0 radical (unpaired) electrons. The maximum atomic E-state index is 11.8. The van der Waals surface area contributed by atoms with Gasteiger partial charge in [-0.1, -0.05) is 0 Å². The molecule has 1 aliphatic heterocycles. The SMILES string of the molecule is O=C(NCCNC(=O)N1C[C@@H](O)C[C@H]1C(=O)O)C1CC1. The lowest BCUT2D eigenvalue weighted by Gasteiger charge is -2.21. The van der Waals surface area contributed by atoms with Crippen LogP contribution in [-0.4, -0.2) is 64.8 Å². The molecule has 20 heavy (non-hydrogen) atoms. The molecule has 3 amide bonds. The van der Waals surface area contributed by atoms with E-state index in [1.54, 1.807) is 0 Å².